The molecule has 2 nitrogen and oxygen atoms in total. The van der Waals surface area contributed by atoms with Gasteiger partial charge < -0.3 is 4.74 Å². The van der Waals surface area contributed by atoms with Gasteiger partial charge in [0, 0.05) is 5.71 Å². The van der Waals surface area contributed by atoms with Crippen LogP contribution in [0.5, 0.6) is 5.75 Å². The highest BCUT2D eigenvalue weighted by Crippen LogP contribution is 2.25. The Morgan fingerprint density at radius 2 is 1.94 bits per heavy atom. The summed E-state index contributed by atoms with van der Waals surface area (Å²) >= 11 is 0. The van der Waals surface area contributed by atoms with E-state index in [1.54, 1.807) is 7.11 Å². The second kappa shape index (κ2) is 5.15. The number of hydrogen-bond acceptors (Lipinski definition) is 2. The Hall–Kier alpha value is -1.31. The van der Waals surface area contributed by atoms with Crippen LogP contribution >= 0.6 is 0 Å². The molecule has 2 heteroatoms. The van der Waals surface area contributed by atoms with E-state index in [2.05, 4.69) is 6.92 Å². The molecule has 0 amide bonds. The maximum absolute atomic E-state index is 5.13. The first kappa shape index (κ1) is 11.2. The van der Waals surface area contributed by atoms with E-state index in [4.69, 9.17) is 9.73 Å². The van der Waals surface area contributed by atoms with Gasteiger partial charge in [-0.3, -0.25) is 4.99 Å². The second-order valence-electron chi connectivity index (χ2n) is 4.45. The van der Waals surface area contributed by atoms with E-state index in [1.165, 1.54) is 25.0 Å². The van der Waals surface area contributed by atoms with Crippen molar-refractivity contribution in [3.8, 4) is 5.75 Å². The Morgan fingerprint density at radius 3 is 2.56 bits per heavy atom. The molecule has 1 saturated carbocycles. The van der Waals surface area contributed by atoms with Crippen LogP contribution in [0.3, 0.4) is 0 Å². The van der Waals surface area contributed by atoms with Crippen LogP contribution in [0.1, 0.15) is 32.6 Å². The SMILES string of the molecule is COc1ccc(/N=C2\CCCCC2C)cc1. The third-order valence-electron chi connectivity index (χ3n) is 3.23. The Labute approximate surface area is 97.4 Å². The molecular weight excluding hydrogens is 198 g/mol. The predicted molar refractivity (Wildman–Crippen MR) is 67.7 cm³/mol. The Kier molecular flexibility index (Phi) is 3.60. The average molecular weight is 217 g/mol. The number of ether oxygens (including phenoxy) is 1. The van der Waals surface area contributed by atoms with Crippen LogP contribution < -0.4 is 4.74 Å². The van der Waals surface area contributed by atoms with Crippen LogP contribution in [-0.4, -0.2) is 12.8 Å². The molecule has 1 fully saturated rings. The van der Waals surface area contributed by atoms with Crippen molar-refractivity contribution in [3.05, 3.63) is 24.3 Å². The van der Waals surface area contributed by atoms with E-state index in [-0.39, 0.29) is 0 Å². The predicted octanol–water partition coefficient (Wildman–Crippen LogP) is 3.98. The first-order chi connectivity index (χ1) is 7.79. The Balaban J connectivity index is 2.14. The third-order valence-corrected chi connectivity index (χ3v) is 3.23. The van der Waals surface area contributed by atoms with Gasteiger partial charge in [0.2, 0.25) is 0 Å². The molecule has 0 heterocycles. The quantitative estimate of drug-likeness (QED) is 0.734. The number of nitrogens with zero attached hydrogens (tertiary/aromatic N) is 1. The maximum atomic E-state index is 5.13. The molecule has 1 unspecified atom stereocenters. The number of aliphatic imine (C=N–C) groups is 1. The minimum atomic E-state index is 0.649. The zero-order valence-electron chi connectivity index (χ0n) is 10.1. The first-order valence-corrected chi connectivity index (χ1v) is 6.01. The molecule has 1 aromatic carbocycles. The Bertz CT molecular complexity index is 367. The van der Waals surface area contributed by atoms with E-state index in [1.807, 2.05) is 24.3 Å². The first-order valence-electron chi connectivity index (χ1n) is 6.01. The number of rotatable bonds is 2. The summed E-state index contributed by atoms with van der Waals surface area (Å²) in [6.07, 6.45) is 5.09. The fraction of sp³-hybridized carbons (Fsp3) is 0.500. The summed E-state index contributed by atoms with van der Waals surface area (Å²) in [7, 11) is 1.68. The van der Waals surface area contributed by atoms with Gasteiger partial charge in [-0.2, -0.15) is 0 Å². The van der Waals surface area contributed by atoms with Crippen molar-refractivity contribution in [1.29, 1.82) is 0 Å². The molecule has 2 rings (SSSR count). The van der Waals surface area contributed by atoms with Gasteiger partial charge in [0.15, 0.2) is 0 Å². The molecule has 0 spiro atoms. The second-order valence-corrected chi connectivity index (χ2v) is 4.45. The molecule has 1 aromatic rings. The van der Waals surface area contributed by atoms with Gasteiger partial charge in [-0.1, -0.05) is 13.3 Å². The zero-order valence-corrected chi connectivity index (χ0v) is 10.1. The van der Waals surface area contributed by atoms with Crippen LogP contribution in [-0.2, 0) is 0 Å². The summed E-state index contributed by atoms with van der Waals surface area (Å²) in [5, 5.41) is 0. The maximum Gasteiger partial charge on any atom is 0.119 e. The van der Waals surface area contributed by atoms with Crippen molar-refractivity contribution in [2.75, 3.05) is 7.11 Å². The summed E-state index contributed by atoms with van der Waals surface area (Å²) in [5.74, 6) is 1.54. The van der Waals surface area contributed by atoms with Gasteiger partial charge in [0.05, 0.1) is 12.8 Å². The lowest BCUT2D eigenvalue weighted by Crippen LogP contribution is -2.15. The molecule has 0 bridgehead atoms. The monoisotopic (exact) mass is 217 g/mol. The van der Waals surface area contributed by atoms with Crippen LogP contribution in [0.2, 0.25) is 0 Å². The highest BCUT2D eigenvalue weighted by Gasteiger charge is 2.15. The lowest BCUT2D eigenvalue weighted by molar-refractivity contribution is 0.415. The molecule has 16 heavy (non-hydrogen) atoms. The number of methoxy groups -OCH3 is 1. The zero-order chi connectivity index (χ0) is 11.4. The summed E-state index contributed by atoms with van der Waals surface area (Å²) in [6.45, 7) is 2.28. The van der Waals surface area contributed by atoms with Crippen LogP contribution in [0, 0.1) is 5.92 Å². The molecule has 1 aliphatic rings. The van der Waals surface area contributed by atoms with Crippen molar-refractivity contribution in [3.63, 3.8) is 0 Å². The lowest BCUT2D eigenvalue weighted by atomic mass is 9.89. The van der Waals surface area contributed by atoms with Crippen molar-refractivity contribution in [2.24, 2.45) is 10.9 Å². The fourth-order valence-electron chi connectivity index (χ4n) is 2.16. The van der Waals surface area contributed by atoms with E-state index >= 15 is 0 Å². The van der Waals surface area contributed by atoms with Crippen LogP contribution in [0.15, 0.2) is 29.3 Å². The summed E-state index contributed by atoms with van der Waals surface area (Å²) in [6, 6.07) is 7.97. The van der Waals surface area contributed by atoms with E-state index < -0.39 is 0 Å². The standard InChI is InChI=1S/C14H19NO/c1-11-5-3-4-6-14(11)15-12-7-9-13(16-2)10-8-12/h7-11H,3-6H2,1-2H3/b15-14+. The minimum absolute atomic E-state index is 0.649. The molecule has 0 N–H and O–H groups in total. The summed E-state index contributed by atoms with van der Waals surface area (Å²) in [5.41, 5.74) is 2.40. The largest absolute Gasteiger partial charge is 0.497 e. The Morgan fingerprint density at radius 1 is 1.19 bits per heavy atom. The molecule has 86 valence electrons. The van der Waals surface area contributed by atoms with E-state index in [0.717, 1.165) is 17.9 Å². The van der Waals surface area contributed by atoms with Crippen molar-refractivity contribution in [2.45, 2.75) is 32.6 Å². The van der Waals surface area contributed by atoms with Gasteiger partial charge >= 0.3 is 0 Å². The third kappa shape index (κ3) is 2.63. The van der Waals surface area contributed by atoms with Gasteiger partial charge in [0.25, 0.3) is 0 Å². The summed E-state index contributed by atoms with van der Waals surface area (Å²) < 4.78 is 5.13. The van der Waals surface area contributed by atoms with Gasteiger partial charge in [-0.25, -0.2) is 0 Å². The van der Waals surface area contributed by atoms with Gasteiger partial charge in [-0.05, 0) is 49.4 Å². The molecule has 0 radical (unpaired) electrons. The van der Waals surface area contributed by atoms with Crippen molar-refractivity contribution < 1.29 is 4.74 Å². The topological polar surface area (TPSA) is 21.6 Å². The molecule has 0 saturated heterocycles. The highest BCUT2D eigenvalue weighted by atomic mass is 16.5. The normalized spacial score (nSPS) is 23.4. The van der Waals surface area contributed by atoms with Crippen molar-refractivity contribution >= 4 is 11.4 Å². The number of benzene rings is 1. The van der Waals surface area contributed by atoms with E-state index in [0.29, 0.717) is 5.92 Å². The molecular formula is C14H19NO. The van der Waals surface area contributed by atoms with Gasteiger partial charge in [-0.15, -0.1) is 0 Å². The van der Waals surface area contributed by atoms with Gasteiger partial charge in [0.1, 0.15) is 5.75 Å². The molecule has 0 aliphatic heterocycles. The molecule has 1 atom stereocenters. The molecule has 1 aliphatic carbocycles. The molecule has 0 aromatic heterocycles. The number of hydrogen-bond donors (Lipinski definition) is 0. The smallest absolute Gasteiger partial charge is 0.119 e. The van der Waals surface area contributed by atoms with Crippen LogP contribution in [0.4, 0.5) is 5.69 Å². The fourth-order valence-corrected chi connectivity index (χ4v) is 2.16. The minimum Gasteiger partial charge on any atom is -0.497 e. The summed E-state index contributed by atoms with van der Waals surface area (Å²) in [4.78, 5) is 4.74. The van der Waals surface area contributed by atoms with Crippen LogP contribution in [0.25, 0.3) is 0 Å². The van der Waals surface area contributed by atoms with E-state index in [9.17, 15) is 0 Å². The average Bonchev–Trinajstić information content (AvgIpc) is 2.33. The highest BCUT2D eigenvalue weighted by molar-refractivity contribution is 5.89. The van der Waals surface area contributed by atoms with Crippen molar-refractivity contribution in [1.82, 2.24) is 0 Å². The lowest BCUT2D eigenvalue weighted by Gasteiger charge is -2.20.